The number of aromatic nitrogens is 2. The molecular weight excluding hydrogens is 383 g/mol. The molecule has 0 bridgehead atoms. The third kappa shape index (κ3) is 3.93. The van der Waals surface area contributed by atoms with Gasteiger partial charge in [-0.1, -0.05) is 13.0 Å². The van der Waals surface area contributed by atoms with Gasteiger partial charge in [-0.25, -0.2) is 0 Å². The van der Waals surface area contributed by atoms with Gasteiger partial charge in [0.2, 0.25) is 5.91 Å². The van der Waals surface area contributed by atoms with Crippen LogP contribution in [0.2, 0.25) is 0 Å². The molecule has 2 fully saturated rings. The quantitative estimate of drug-likeness (QED) is 0.724. The van der Waals surface area contributed by atoms with Gasteiger partial charge in [0.05, 0.1) is 16.6 Å². The summed E-state index contributed by atoms with van der Waals surface area (Å²) in [7, 11) is 0. The number of carbonyl (C=O) groups excluding carboxylic acids is 1. The van der Waals surface area contributed by atoms with E-state index in [9.17, 15) is 18.0 Å². The van der Waals surface area contributed by atoms with Gasteiger partial charge in [0.25, 0.3) is 0 Å². The van der Waals surface area contributed by atoms with Crippen LogP contribution in [0, 0.1) is 11.8 Å². The van der Waals surface area contributed by atoms with Gasteiger partial charge in [0.1, 0.15) is 5.52 Å². The molecule has 4 rings (SSSR count). The van der Waals surface area contributed by atoms with Gasteiger partial charge >= 0.3 is 6.18 Å². The number of piperidine rings is 1. The molecule has 2 aromatic rings. The lowest BCUT2D eigenvalue weighted by molar-refractivity contribution is -0.136. The lowest BCUT2D eigenvalue weighted by atomic mass is 9.77. The van der Waals surface area contributed by atoms with E-state index < -0.39 is 17.3 Å². The average molecular weight is 407 g/mol. The maximum absolute atomic E-state index is 13.5. The molecule has 1 aromatic heterocycles. The number of halogens is 3. The van der Waals surface area contributed by atoms with E-state index in [4.69, 9.17) is 0 Å². The second-order valence-corrected chi connectivity index (χ2v) is 8.21. The minimum Gasteiger partial charge on any atom is -0.345 e. The van der Waals surface area contributed by atoms with Crippen molar-refractivity contribution < 1.29 is 18.0 Å². The van der Waals surface area contributed by atoms with E-state index in [1.165, 1.54) is 18.5 Å². The number of alkyl halides is 3. The summed E-state index contributed by atoms with van der Waals surface area (Å²) in [5.41, 5.74) is -1.07. The molecule has 2 atom stereocenters. The number of hydrogen-bond donors (Lipinski definition) is 3. The van der Waals surface area contributed by atoms with Gasteiger partial charge in [0, 0.05) is 30.9 Å². The first-order valence-corrected chi connectivity index (χ1v) is 9.82. The molecule has 29 heavy (non-hydrogen) atoms. The minimum absolute atomic E-state index is 0.0932. The number of hydrogen-bond acceptors (Lipinski definition) is 5. The summed E-state index contributed by atoms with van der Waals surface area (Å²) in [6, 6.07) is 2.50. The summed E-state index contributed by atoms with van der Waals surface area (Å²) >= 11 is 0. The van der Waals surface area contributed by atoms with Crippen LogP contribution in [0.15, 0.2) is 24.5 Å². The van der Waals surface area contributed by atoms with Gasteiger partial charge in [0.15, 0.2) is 0 Å². The Morgan fingerprint density at radius 1 is 1.17 bits per heavy atom. The molecule has 0 radical (unpaired) electrons. The maximum atomic E-state index is 13.5. The zero-order valence-corrected chi connectivity index (χ0v) is 16.1. The Labute approximate surface area is 166 Å². The van der Waals surface area contributed by atoms with E-state index in [0.717, 1.165) is 25.7 Å². The highest BCUT2D eigenvalue weighted by molar-refractivity contribution is 5.84. The van der Waals surface area contributed by atoms with Gasteiger partial charge in [-0.15, -0.1) is 0 Å². The third-order valence-electron chi connectivity index (χ3n) is 5.78. The van der Waals surface area contributed by atoms with Crippen LogP contribution in [0.1, 0.15) is 30.9 Å². The molecule has 156 valence electrons. The van der Waals surface area contributed by atoms with Crippen LogP contribution < -0.4 is 16.0 Å². The predicted octanol–water partition coefficient (Wildman–Crippen LogP) is 2.20. The molecule has 2 aliphatic heterocycles. The highest BCUT2D eigenvalue weighted by Crippen LogP contribution is 2.39. The Bertz CT molecular complexity index is 915. The summed E-state index contributed by atoms with van der Waals surface area (Å²) in [4.78, 5) is 21.0. The van der Waals surface area contributed by atoms with E-state index >= 15 is 0 Å². The Morgan fingerprint density at radius 2 is 1.90 bits per heavy atom. The molecule has 0 spiro atoms. The third-order valence-corrected chi connectivity index (χ3v) is 5.78. The fourth-order valence-corrected chi connectivity index (χ4v) is 4.38. The van der Waals surface area contributed by atoms with Crippen molar-refractivity contribution in [1.29, 1.82) is 0 Å². The Morgan fingerprint density at radius 3 is 2.52 bits per heavy atom. The molecule has 0 saturated carbocycles. The smallest absolute Gasteiger partial charge is 0.345 e. The van der Waals surface area contributed by atoms with Gasteiger partial charge in [-0.05, 0) is 44.0 Å². The molecule has 6 nitrogen and oxygen atoms in total. The molecule has 9 heteroatoms. The van der Waals surface area contributed by atoms with Crippen LogP contribution in [0.3, 0.4) is 0 Å². The topological polar surface area (TPSA) is 78.9 Å². The van der Waals surface area contributed by atoms with Crippen LogP contribution in [0.25, 0.3) is 11.0 Å². The lowest BCUT2D eigenvalue weighted by Gasteiger charge is -2.42. The van der Waals surface area contributed by atoms with Crippen LogP contribution in [-0.2, 0) is 16.5 Å². The summed E-state index contributed by atoms with van der Waals surface area (Å²) < 4.78 is 40.5. The first kappa shape index (κ1) is 20.0. The van der Waals surface area contributed by atoms with Crippen molar-refractivity contribution >= 4 is 16.9 Å². The zero-order chi connectivity index (χ0) is 20.6. The van der Waals surface area contributed by atoms with E-state index in [2.05, 4.69) is 32.8 Å². The second kappa shape index (κ2) is 7.53. The monoisotopic (exact) mass is 407 g/mol. The highest BCUT2D eigenvalue weighted by Gasteiger charge is 2.42. The number of carbonyl (C=O) groups is 1. The molecule has 0 unspecified atom stereocenters. The molecule has 0 aliphatic carbocycles. The van der Waals surface area contributed by atoms with E-state index in [0.29, 0.717) is 30.9 Å². The van der Waals surface area contributed by atoms with Crippen molar-refractivity contribution in [3.8, 4) is 0 Å². The number of nitrogens with zero attached hydrogens (tertiary/aromatic N) is 2. The Balaban J connectivity index is 1.78. The Hall–Kier alpha value is -2.26. The van der Waals surface area contributed by atoms with E-state index in [-0.39, 0.29) is 22.9 Å². The zero-order valence-electron chi connectivity index (χ0n) is 16.1. The summed E-state index contributed by atoms with van der Waals surface area (Å²) in [5.74, 6) is 0.443. The molecule has 3 heterocycles. The molecule has 3 N–H and O–H groups in total. The predicted molar refractivity (Wildman–Crippen MR) is 102 cm³/mol. The largest absolute Gasteiger partial charge is 0.418 e. The number of rotatable bonds is 4. The molecule has 1 amide bonds. The summed E-state index contributed by atoms with van der Waals surface area (Å²) in [6.45, 7) is 4.89. The normalized spacial score (nSPS) is 25.6. The standard InChI is InChI=1S/C20H24F3N5O/c1-12-7-19(11-25-8-12,28-16(29)6-13-9-24-10-13)14-2-3-15(20(21,22)23)18-17(14)26-4-5-27-18/h2-5,12-13,24-25H,6-11H2,1H3,(H,28,29)/t12-,19-/m0/s1. The van der Waals surface area contributed by atoms with Crippen molar-refractivity contribution in [2.45, 2.75) is 31.5 Å². The van der Waals surface area contributed by atoms with Crippen LogP contribution in [0.5, 0.6) is 0 Å². The van der Waals surface area contributed by atoms with Crippen molar-refractivity contribution in [1.82, 2.24) is 25.9 Å². The summed E-state index contributed by atoms with van der Waals surface area (Å²) in [5, 5.41) is 9.62. The second-order valence-electron chi connectivity index (χ2n) is 8.21. The lowest BCUT2D eigenvalue weighted by Crippen LogP contribution is -2.58. The fraction of sp³-hybridized carbons (Fsp3) is 0.550. The number of amides is 1. The number of benzene rings is 1. The Kier molecular flexibility index (Phi) is 5.20. The van der Waals surface area contributed by atoms with Gasteiger partial charge in [-0.3, -0.25) is 14.8 Å². The highest BCUT2D eigenvalue weighted by atomic mass is 19.4. The van der Waals surface area contributed by atoms with Crippen LogP contribution in [0.4, 0.5) is 13.2 Å². The van der Waals surface area contributed by atoms with Gasteiger partial charge in [-0.2, -0.15) is 13.2 Å². The van der Waals surface area contributed by atoms with E-state index in [1.54, 1.807) is 0 Å². The summed E-state index contributed by atoms with van der Waals surface area (Å²) in [6.07, 6.45) is -0.864. The maximum Gasteiger partial charge on any atom is 0.418 e. The molecule has 2 aliphatic rings. The molecular formula is C20H24F3N5O. The average Bonchev–Trinajstić information content (AvgIpc) is 2.63. The van der Waals surface area contributed by atoms with Crippen LogP contribution >= 0.6 is 0 Å². The fourth-order valence-electron chi connectivity index (χ4n) is 4.38. The van der Waals surface area contributed by atoms with Crippen molar-refractivity contribution in [3.05, 3.63) is 35.7 Å². The van der Waals surface area contributed by atoms with E-state index in [1.807, 2.05) is 0 Å². The van der Waals surface area contributed by atoms with Crippen molar-refractivity contribution in [3.63, 3.8) is 0 Å². The number of nitrogens with one attached hydrogen (secondary N) is 3. The SMILES string of the molecule is C[C@@H]1CNC[C@](NC(=O)CC2CNC2)(c2ccc(C(F)(F)F)c3nccnc23)C1. The molecule has 2 saturated heterocycles. The minimum atomic E-state index is -4.53. The molecule has 1 aromatic carbocycles. The number of fused-ring (bicyclic) bond motifs is 1. The van der Waals surface area contributed by atoms with Crippen molar-refractivity contribution in [2.75, 3.05) is 26.2 Å². The first-order chi connectivity index (χ1) is 13.8. The van der Waals surface area contributed by atoms with Gasteiger partial charge < -0.3 is 16.0 Å². The first-order valence-electron chi connectivity index (χ1n) is 9.82. The van der Waals surface area contributed by atoms with Crippen LogP contribution in [-0.4, -0.2) is 42.1 Å². The van der Waals surface area contributed by atoms with Crippen molar-refractivity contribution in [2.24, 2.45) is 11.8 Å².